The minimum absolute atomic E-state index is 0.0339. The van der Waals surface area contributed by atoms with E-state index in [1.165, 1.54) is 34.6 Å². The molecule has 0 heterocycles. The fourth-order valence-electron chi connectivity index (χ4n) is 1.21. The Bertz CT molecular complexity index is 140. The SMILES string of the molecule is CCC[CH2][Sn]([CH2]CCC)[O]C(=O)CC. The molecule has 0 aromatic carbocycles. The maximum absolute atomic E-state index is 11.2. The van der Waals surface area contributed by atoms with Crippen molar-refractivity contribution in [1.82, 2.24) is 0 Å². The van der Waals surface area contributed by atoms with E-state index in [2.05, 4.69) is 13.8 Å². The maximum atomic E-state index is 11.2. The second kappa shape index (κ2) is 9.81. The molecular weight excluding hydrogens is 283 g/mol. The molecule has 14 heavy (non-hydrogen) atoms. The van der Waals surface area contributed by atoms with Gasteiger partial charge < -0.3 is 0 Å². The number of carbonyl (C=O) groups is 1. The molecule has 0 rings (SSSR count). The molecule has 83 valence electrons. The van der Waals surface area contributed by atoms with E-state index in [1.807, 2.05) is 6.92 Å². The zero-order valence-corrected chi connectivity index (χ0v) is 12.6. The normalized spacial score (nSPS) is 10.6. The van der Waals surface area contributed by atoms with Crippen LogP contribution in [0.4, 0.5) is 0 Å². The van der Waals surface area contributed by atoms with Gasteiger partial charge in [0.05, 0.1) is 0 Å². The van der Waals surface area contributed by atoms with Crippen molar-refractivity contribution >= 4 is 26.1 Å². The summed E-state index contributed by atoms with van der Waals surface area (Å²) in [6, 6.07) is 0. The summed E-state index contributed by atoms with van der Waals surface area (Å²) in [6.07, 6.45) is 5.48. The molecular formula is C11H23O2Sn. The van der Waals surface area contributed by atoms with Crippen LogP contribution < -0.4 is 0 Å². The molecule has 0 aliphatic carbocycles. The molecule has 0 spiro atoms. The summed E-state index contributed by atoms with van der Waals surface area (Å²) in [4.78, 5) is 11.2. The van der Waals surface area contributed by atoms with Crippen LogP contribution in [0, 0.1) is 0 Å². The first kappa shape index (κ1) is 14.3. The van der Waals surface area contributed by atoms with Crippen LogP contribution in [0.25, 0.3) is 0 Å². The van der Waals surface area contributed by atoms with Crippen LogP contribution in [0.2, 0.25) is 8.87 Å². The van der Waals surface area contributed by atoms with Gasteiger partial charge in [0.2, 0.25) is 0 Å². The van der Waals surface area contributed by atoms with Crippen molar-refractivity contribution in [3.63, 3.8) is 0 Å². The predicted molar refractivity (Wildman–Crippen MR) is 61.6 cm³/mol. The van der Waals surface area contributed by atoms with Gasteiger partial charge in [-0.3, -0.25) is 0 Å². The zero-order valence-electron chi connectivity index (χ0n) is 9.77. The molecule has 2 nitrogen and oxygen atoms in total. The van der Waals surface area contributed by atoms with E-state index in [4.69, 9.17) is 3.07 Å². The zero-order chi connectivity index (χ0) is 10.8. The van der Waals surface area contributed by atoms with Gasteiger partial charge >= 0.3 is 95.8 Å². The molecule has 0 aliphatic rings. The number of carbonyl (C=O) groups excluding carboxylic acids is 1. The van der Waals surface area contributed by atoms with Crippen LogP contribution in [0.1, 0.15) is 52.9 Å². The van der Waals surface area contributed by atoms with Crippen LogP contribution in [0.3, 0.4) is 0 Å². The molecule has 1 radical (unpaired) electrons. The summed E-state index contributed by atoms with van der Waals surface area (Å²) in [5, 5.41) is 0. The number of rotatable bonds is 8. The van der Waals surface area contributed by atoms with Gasteiger partial charge in [0, 0.05) is 0 Å². The quantitative estimate of drug-likeness (QED) is 0.641. The summed E-state index contributed by atoms with van der Waals surface area (Å²) in [5.74, 6) is 0.0339. The van der Waals surface area contributed by atoms with E-state index < -0.39 is 20.2 Å². The average molecular weight is 306 g/mol. The first-order chi connectivity index (χ1) is 6.74. The number of hydrogen-bond acceptors (Lipinski definition) is 2. The van der Waals surface area contributed by atoms with Crippen LogP contribution in [-0.2, 0) is 7.87 Å². The number of unbranched alkanes of at least 4 members (excludes halogenated alkanes) is 2. The van der Waals surface area contributed by atoms with Crippen molar-refractivity contribution < 1.29 is 7.87 Å². The summed E-state index contributed by atoms with van der Waals surface area (Å²) in [7, 11) is 0. The number of hydrogen-bond donors (Lipinski definition) is 0. The Hall–Kier alpha value is 0.269. The van der Waals surface area contributed by atoms with Crippen LogP contribution in [-0.4, -0.2) is 26.1 Å². The molecule has 0 bridgehead atoms. The fraction of sp³-hybridized carbons (Fsp3) is 0.909. The van der Waals surface area contributed by atoms with Crippen molar-refractivity contribution in [3.05, 3.63) is 0 Å². The van der Waals surface area contributed by atoms with Gasteiger partial charge in [0.15, 0.2) is 0 Å². The Morgan fingerprint density at radius 3 is 1.93 bits per heavy atom. The molecule has 0 aliphatic heterocycles. The van der Waals surface area contributed by atoms with E-state index in [0.29, 0.717) is 6.42 Å². The Balaban J connectivity index is 3.77. The van der Waals surface area contributed by atoms with Crippen molar-refractivity contribution in [2.24, 2.45) is 0 Å². The third kappa shape index (κ3) is 7.65. The first-order valence-electron chi connectivity index (χ1n) is 5.79. The Morgan fingerprint density at radius 1 is 1.07 bits per heavy atom. The summed E-state index contributed by atoms with van der Waals surface area (Å²) >= 11 is -1.76. The van der Waals surface area contributed by atoms with Gasteiger partial charge in [0.1, 0.15) is 0 Å². The second-order valence-electron chi connectivity index (χ2n) is 3.57. The molecule has 0 aromatic heterocycles. The van der Waals surface area contributed by atoms with Gasteiger partial charge in [-0.15, -0.1) is 0 Å². The molecule has 0 fully saturated rings. The third-order valence-corrected chi connectivity index (χ3v) is 8.84. The summed E-state index contributed by atoms with van der Waals surface area (Å²) in [6.45, 7) is 6.27. The van der Waals surface area contributed by atoms with Crippen LogP contribution in [0.5, 0.6) is 0 Å². The van der Waals surface area contributed by atoms with Gasteiger partial charge in [-0.1, -0.05) is 0 Å². The van der Waals surface area contributed by atoms with E-state index >= 15 is 0 Å². The minimum atomic E-state index is -1.76. The average Bonchev–Trinajstić information content (AvgIpc) is 2.21. The Morgan fingerprint density at radius 2 is 1.57 bits per heavy atom. The van der Waals surface area contributed by atoms with Crippen molar-refractivity contribution in [3.8, 4) is 0 Å². The summed E-state index contributed by atoms with van der Waals surface area (Å²) in [5.41, 5.74) is 0. The van der Waals surface area contributed by atoms with Crippen LogP contribution >= 0.6 is 0 Å². The third-order valence-electron chi connectivity index (χ3n) is 2.17. The second-order valence-corrected chi connectivity index (χ2v) is 10.1. The van der Waals surface area contributed by atoms with E-state index in [9.17, 15) is 4.79 Å². The Labute approximate surface area is 95.7 Å². The Kier molecular flexibility index (Phi) is 10.00. The molecule has 0 saturated heterocycles. The van der Waals surface area contributed by atoms with Crippen molar-refractivity contribution in [1.29, 1.82) is 0 Å². The fourth-order valence-corrected chi connectivity index (χ4v) is 8.10. The van der Waals surface area contributed by atoms with Gasteiger partial charge in [-0.2, -0.15) is 0 Å². The van der Waals surface area contributed by atoms with Crippen molar-refractivity contribution in [2.45, 2.75) is 61.7 Å². The molecule has 0 unspecified atom stereocenters. The molecule has 0 amide bonds. The van der Waals surface area contributed by atoms with E-state index in [1.54, 1.807) is 0 Å². The molecule has 0 atom stereocenters. The topological polar surface area (TPSA) is 26.3 Å². The molecule has 0 N–H and O–H groups in total. The van der Waals surface area contributed by atoms with E-state index in [0.717, 1.165) is 0 Å². The van der Waals surface area contributed by atoms with Gasteiger partial charge in [-0.05, 0) is 0 Å². The van der Waals surface area contributed by atoms with E-state index in [-0.39, 0.29) is 5.97 Å². The van der Waals surface area contributed by atoms with Gasteiger partial charge in [-0.25, -0.2) is 0 Å². The van der Waals surface area contributed by atoms with Crippen LogP contribution in [0.15, 0.2) is 0 Å². The molecule has 0 saturated carbocycles. The van der Waals surface area contributed by atoms with Crippen molar-refractivity contribution in [2.75, 3.05) is 0 Å². The summed E-state index contributed by atoms with van der Waals surface area (Å²) < 4.78 is 8.01. The van der Waals surface area contributed by atoms with Gasteiger partial charge in [0.25, 0.3) is 0 Å². The predicted octanol–water partition coefficient (Wildman–Crippen LogP) is 3.53. The molecule has 3 heteroatoms. The monoisotopic (exact) mass is 307 g/mol. The standard InChI is InChI=1S/2C4H9.C3H6O2.Sn/c2*1-3-4-2;1-2-3(4)5;/h2*1,3-4H2,2H3;2H2,1H3,(H,4,5);/q;;;+1/p-1. The first-order valence-corrected chi connectivity index (χ1v) is 11.0. The molecule has 0 aromatic rings.